The number of pyridine rings is 1. The van der Waals surface area contributed by atoms with Crippen LogP contribution in [0, 0.1) is 38.0 Å². The molecular formula is C97H148Cl3I10N8O15V2-2. The van der Waals surface area contributed by atoms with Crippen LogP contribution in [0.1, 0.15) is 185 Å². The Bertz CT molecular complexity index is 4000. The summed E-state index contributed by atoms with van der Waals surface area (Å²) >= 11 is 23.6. The van der Waals surface area contributed by atoms with Gasteiger partial charge in [0.1, 0.15) is 36.8 Å². The van der Waals surface area contributed by atoms with Crippen LogP contribution in [0.4, 0.5) is 9.59 Å². The molecule has 6 aliphatic rings. The van der Waals surface area contributed by atoms with Gasteiger partial charge in [-0.05, 0) is 170 Å². The quantitative estimate of drug-likeness (QED) is 0.0139. The normalized spacial score (nSPS) is 19.5. The predicted octanol–water partition coefficient (Wildman–Crippen LogP) is 27.1. The predicted molar refractivity (Wildman–Crippen MR) is 641 cm³/mol. The molecular weight excluding hydrogens is 2990 g/mol. The van der Waals surface area contributed by atoms with Crippen molar-refractivity contribution < 1.29 is 95.5 Å². The van der Waals surface area contributed by atoms with Crippen molar-refractivity contribution in [3.05, 3.63) is 223 Å². The molecule has 0 N–H and O–H groups in total. The van der Waals surface area contributed by atoms with Gasteiger partial charge in [0.25, 0.3) is 32.4 Å². The molecule has 3 saturated heterocycles. The van der Waals surface area contributed by atoms with Gasteiger partial charge in [-0.15, -0.1) is 37.2 Å². The van der Waals surface area contributed by atoms with Gasteiger partial charge in [-0.25, -0.2) is 9.59 Å². The first-order valence-corrected chi connectivity index (χ1v) is 71.7. The Balaban J connectivity index is -0.000000237. The summed E-state index contributed by atoms with van der Waals surface area (Å²) in [6.45, 7) is 34.1. The fraction of sp³-hybridized carbons (Fsp3) is 0.526. The van der Waals surface area contributed by atoms with Gasteiger partial charge < -0.3 is 57.8 Å². The number of carbonyl (C=O) groups excluding carboxylic acids is 8. The van der Waals surface area contributed by atoms with E-state index in [9.17, 15) is 38.4 Å². The summed E-state index contributed by atoms with van der Waals surface area (Å²) in [5.74, 6) is -2.70. The number of rotatable bonds is 24. The third kappa shape index (κ3) is 94.2. The molecule has 0 spiro atoms. The number of carbonyl (C=O) groups is 8. The monoisotopic (exact) mass is 3150 g/mol. The summed E-state index contributed by atoms with van der Waals surface area (Å²) in [5, 5.41) is 8.62. The summed E-state index contributed by atoms with van der Waals surface area (Å²) < 4.78 is 93.8. The molecule has 6 unspecified atom stereocenters. The Morgan fingerprint density at radius 3 is 1.09 bits per heavy atom. The standard InChI is InChI=1S/C14H16N2.2C14H17NO2.2C12H21NO4.C12H15NO.C7H7NO2.C2H4I2.3C2H5I.C2H6.2CH3.3ClH.5HI.2V/c15-9-6-13-7-10-16(11-8-13)12-14-4-2-1-3-5-14;2*16-12-17-11-14-6-8-15(9-7-14)10-13-4-2-1-3-5-13;2*1-12(2,3)17-11(15)13-6-4-10(5-7-13)8-16-9-14;14-12-6-8-13(9-7-12)10-11-4-2-1-3-5-11;9-6-10-5-7-1-3-8-4-2-7;1-2(3)4;3*1-2-3;1-2;;;;;;;;;;;;/h1-5,7H,6,8,10-12H2;2*1-6,12H,7-11H2;2*9-10H,4-8H2,1-3H3;1-5H,6-10H2;1-4,6H,5H2;2H,1H3;3*2H2,1H3;1-2H3;2*1H3;8*1H;;/q;;;;;;;;;;;;2*-1;;;;;;;;;+2;+3/p-5/i;;;4D,5D,6D,7D,10D;4D,10D;;;;;;;;;;;;;;;;;;;. The molecule has 135 heavy (non-hydrogen) atoms. The summed E-state index contributed by atoms with van der Waals surface area (Å²) in [6.07, 6.45) is 9.86. The van der Waals surface area contributed by atoms with Gasteiger partial charge in [0.05, 0.1) is 27.6 Å². The van der Waals surface area contributed by atoms with Crippen LogP contribution >= 0.6 is 250 Å². The van der Waals surface area contributed by atoms with Crippen molar-refractivity contribution >= 4 is 300 Å². The van der Waals surface area contributed by atoms with E-state index in [1.54, 1.807) is 66.1 Å². The third-order valence-electron chi connectivity index (χ3n) is 16.7. The van der Waals surface area contributed by atoms with Gasteiger partial charge in [0, 0.05) is 139 Å². The minimum absolute atomic E-state index is 0. The molecule has 6 aliphatic heterocycles. The van der Waals surface area contributed by atoms with Crippen molar-refractivity contribution in [1.29, 1.82) is 5.26 Å². The maximum atomic E-state index is 12.1. The summed E-state index contributed by atoms with van der Waals surface area (Å²) in [6, 6.07) is 47.7. The first-order valence-electron chi connectivity index (χ1n) is 46.0. The van der Waals surface area contributed by atoms with Crippen LogP contribution in [0.3, 0.4) is 0 Å². The molecule has 3 fully saturated rings. The first kappa shape index (κ1) is 134. The second-order valence-electron chi connectivity index (χ2n) is 29.2. The van der Waals surface area contributed by atoms with Crippen LogP contribution in [0.15, 0.2) is 181 Å². The molecule has 769 valence electrons. The van der Waals surface area contributed by atoms with E-state index in [1.165, 1.54) is 57.2 Å². The van der Waals surface area contributed by atoms with Gasteiger partial charge in [-0.3, -0.25) is 53.4 Å². The number of piperidine rings is 3. The fourth-order valence-electron chi connectivity index (χ4n) is 11.0. The number of halogens is 13. The van der Waals surface area contributed by atoms with Gasteiger partial charge in [0.2, 0.25) is 0 Å². The van der Waals surface area contributed by atoms with Crippen LogP contribution in [0.5, 0.6) is 0 Å². The van der Waals surface area contributed by atoms with Crippen LogP contribution in [0.2, 0.25) is 0 Å². The van der Waals surface area contributed by atoms with E-state index in [0.717, 1.165) is 118 Å². The molecule has 11 rings (SSSR count). The number of amides is 2. The molecule has 23 nitrogen and oxygen atoms in total. The summed E-state index contributed by atoms with van der Waals surface area (Å²) in [5.41, 5.74) is 8.65. The second-order valence-corrected chi connectivity index (χ2v) is 87.1. The molecule has 2 amide bonds. The number of hydrogen-bond donors (Lipinski definition) is 0. The zero-order valence-corrected chi connectivity index (χ0v) is 107. The van der Waals surface area contributed by atoms with Crippen LogP contribution < -0.4 is 0 Å². The number of alkyl halides is 5. The minimum atomic E-state index is -1.96. The number of nitrogens with zero attached hydrogens (tertiary/aromatic N) is 8. The number of likely N-dealkylation sites (tertiary alicyclic amines) is 3. The zero-order chi connectivity index (χ0) is 104. The Hall–Kier alpha value is -0.521. The Labute approximate surface area is 974 Å². The molecule has 6 atom stereocenters. The van der Waals surface area contributed by atoms with E-state index < -0.39 is 74.0 Å². The van der Waals surface area contributed by atoms with Crippen molar-refractivity contribution in [2.75, 3.05) is 118 Å². The molecule has 1 aromatic heterocycles. The molecule has 7 heterocycles. The van der Waals surface area contributed by atoms with E-state index in [4.69, 9.17) is 33.8 Å². The van der Waals surface area contributed by atoms with Crippen molar-refractivity contribution in [2.24, 2.45) is 11.8 Å². The SMILES string of the molecule is CC.CC(I)I.CCI.CCI.CCI.Cl.Cl.Cl.N#CCC1=CCN(Cc2ccccc2)CC1.O=C1CCN(Cc2ccccc2)CC1.O=COCC1=CCN(Cc2ccccc2)CC1.O=COCC1=CCN(Cc2ccccc2)CC1.O=COCc1ccncc1.[2H]C1C([2H])C([2H])(COC=O)C([2H])C([2H])N1C(=O)OC(C)(C)C.[2H]C1CN(C(=O)OC(C)(C)C)CCC1([2H])COC=O.[CH3-].[CH3-].[I][V]([I])[I].[I][V][I]. The Morgan fingerprint density at radius 1 is 0.496 bits per heavy atom. The van der Waals surface area contributed by atoms with Crippen LogP contribution in [0.25, 0.3) is 0 Å². The molecule has 38 heteroatoms. The van der Waals surface area contributed by atoms with Gasteiger partial charge in [0.15, 0.2) is 0 Å². The Kier molecular flexibility index (Phi) is 103. The van der Waals surface area contributed by atoms with E-state index in [-0.39, 0.29) is 89.5 Å². The summed E-state index contributed by atoms with van der Waals surface area (Å²) in [4.78, 5) is 101. The Morgan fingerprint density at radius 2 is 0.793 bits per heavy atom. The maximum absolute atomic E-state index is 12.1. The van der Waals surface area contributed by atoms with Gasteiger partial charge in [-0.2, -0.15) is 5.26 Å². The van der Waals surface area contributed by atoms with E-state index in [0.29, 0.717) is 72.4 Å². The van der Waals surface area contributed by atoms with Gasteiger partial charge in [-0.1, -0.05) is 293 Å². The van der Waals surface area contributed by atoms with E-state index >= 15 is 0 Å². The van der Waals surface area contributed by atoms with Crippen LogP contribution in [-0.2, 0) is 109 Å². The number of aromatic nitrogens is 1. The zero-order valence-electron chi connectivity index (χ0n) is 87.0. The molecule has 0 bridgehead atoms. The van der Waals surface area contributed by atoms with Crippen molar-refractivity contribution in [1.82, 2.24) is 34.4 Å². The van der Waals surface area contributed by atoms with Gasteiger partial charge >= 0.3 is 126 Å². The number of benzene rings is 4. The molecule has 0 radical (unpaired) electrons. The topological polar surface area (TPSA) is 257 Å². The summed E-state index contributed by atoms with van der Waals surface area (Å²) in [7, 11) is 0.628. The molecule has 4 aromatic carbocycles. The fourth-order valence-corrected chi connectivity index (χ4v) is 11.0. The average molecular weight is 3150 g/mol. The number of Topliss-reactive ketones (excluding diaryl/α,β-unsaturated/α-hetero) is 1. The van der Waals surface area contributed by atoms with E-state index in [2.05, 4.69) is 401 Å². The average Bonchev–Trinajstić information content (AvgIpc) is 0.753. The van der Waals surface area contributed by atoms with Crippen molar-refractivity contribution in [3.8, 4) is 6.07 Å². The third-order valence-corrected chi connectivity index (χ3v) is 16.7. The number of nitriles is 1. The van der Waals surface area contributed by atoms with Crippen molar-refractivity contribution in [3.63, 3.8) is 0 Å². The molecule has 5 aromatic rings. The van der Waals surface area contributed by atoms with E-state index in [1.807, 2.05) is 38.1 Å². The molecule has 0 aliphatic carbocycles. The number of hydrogen-bond acceptors (Lipinski definition) is 21. The van der Waals surface area contributed by atoms with Crippen LogP contribution in [-0.4, -0.2) is 216 Å². The second kappa shape index (κ2) is 103. The number of ketones is 1. The van der Waals surface area contributed by atoms with Crippen molar-refractivity contribution in [2.45, 2.75) is 193 Å². The molecule has 0 saturated carbocycles. The number of ether oxygens (including phenoxy) is 7. The first-order chi connectivity index (χ1) is 65.2.